The van der Waals surface area contributed by atoms with Crippen LogP contribution in [0, 0.1) is 18.2 Å². The van der Waals surface area contributed by atoms with E-state index in [0.717, 1.165) is 116 Å². The summed E-state index contributed by atoms with van der Waals surface area (Å²) in [4.78, 5) is 74.2. The second kappa shape index (κ2) is 48.1. The number of amides is 4. The molecular weight excluding hydrogens is 1940 g/mol. The fourth-order valence-corrected chi connectivity index (χ4v) is 18.9. The summed E-state index contributed by atoms with van der Waals surface area (Å²) < 4.78 is 58.9. The lowest BCUT2D eigenvalue weighted by atomic mass is 9.92. The van der Waals surface area contributed by atoms with Crippen LogP contribution in [0.25, 0.3) is 43.6 Å². The van der Waals surface area contributed by atoms with Crippen LogP contribution >= 0.6 is 46.4 Å². The molecule has 28 nitrogen and oxygen atoms in total. The van der Waals surface area contributed by atoms with Gasteiger partial charge in [-0.2, -0.15) is 0 Å². The van der Waals surface area contributed by atoms with Gasteiger partial charge >= 0.3 is 24.4 Å². The number of benzene rings is 11. The van der Waals surface area contributed by atoms with Gasteiger partial charge in [-0.1, -0.05) is 152 Å². The zero-order valence-corrected chi connectivity index (χ0v) is 83.3. The van der Waals surface area contributed by atoms with Gasteiger partial charge in [0.2, 0.25) is 0 Å². The molecule has 0 saturated carbocycles. The fourth-order valence-electron chi connectivity index (χ4n) is 18.3. The Balaban J connectivity index is 0.000000139. The number of aliphatic hydroxyl groups excluding tert-OH is 8. The highest BCUT2D eigenvalue weighted by molar-refractivity contribution is 6.32. The van der Waals surface area contributed by atoms with E-state index >= 15 is 0 Å². The Bertz CT molecular complexity index is 6720. The molecule has 12 N–H and O–H groups in total. The number of carbonyl (C=O) groups excluding carboxylic acids is 4. The number of para-hydroxylation sites is 1. The third kappa shape index (κ3) is 25.9. The minimum absolute atomic E-state index is 0.132. The Morgan fingerprint density at radius 2 is 0.593 bits per heavy atom. The standard InChI is InChI=1S/C29H29ClN2O5.C28H26ClFN2O5.C28H27ClN2O5.C27H33ClN2O5/c1-18-2-7-23(8-3-18)37-29(35)32-14-12-24-25-16-20(30)6-11-26(25)31-27(24)28(32)19-4-9-22(10-5-19)36-15-13-21(34)17-33;29-18-3-10-25-24(15-18)23-11-13-32(28(35)37-22-8-4-19(30)5-9-22)27(26(23)31-25)17-1-6-21(7-2-17)36-14-12-20(34)16-33;29-19-8-11-25-24(16-19)23-12-14-31(28(34)36-22-4-2-1-3-5-22)27(26(23)30-25)18-6-9-21(10-7-18)35-15-13-20(33)17-32;1-27(2,3)16-35-26(33)30-12-10-21-22-14-18(28)6-9-23(22)29-24(21)25(30)17-4-7-20(8-5-17)34-13-11-19(32)15-31/h2-11,16,21,28,31,33-34H,12-15,17H2,1H3;1-10,15,20,27,31,33-34H,11-14,16H2;1-11,16,20,27,30,32-33H,12-15,17H2;4-9,14,19,25,29,31-32H,10-13,15-16H2,1-3H3/t21-,28?;2*20-,27?;19-,25?/m0000/s1. The lowest BCUT2D eigenvalue weighted by Gasteiger charge is -2.36. The topological polar surface area (TPSA) is 380 Å². The number of aliphatic hydroxyl groups is 8. The third-order valence-corrected chi connectivity index (χ3v) is 26.6. The summed E-state index contributed by atoms with van der Waals surface area (Å²) in [5.41, 5.74) is 16.6. The lowest BCUT2D eigenvalue weighted by molar-refractivity contribution is 0.0621. The Morgan fingerprint density at radius 3 is 0.855 bits per heavy atom. The summed E-state index contributed by atoms with van der Waals surface area (Å²) in [5, 5.41) is 80.8. The number of H-pyrrole nitrogens is 4. The highest BCUT2D eigenvalue weighted by Gasteiger charge is 2.42. The summed E-state index contributed by atoms with van der Waals surface area (Å²) in [7, 11) is 0. The zero-order chi connectivity index (χ0) is 102. The molecule has 0 saturated heterocycles. The highest BCUT2D eigenvalue weighted by atomic mass is 35.5. The number of fused-ring (bicyclic) bond motifs is 12. The van der Waals surface area contributed by atoms with Crippen LogP contribution < -0.4 is 33.2 Å². The van der Waals surface area contributed by atoms with Gasteiger partial charge in [-0.3, -0.25) is 19.6 Å². The molecule has 4 amide bonds. The maximum absolute atomic E-state index is 13.4. The highest BCUT2D eigenvalue weighted by Crippen LogP contribution is 2.47. The largest absolute Gasteiger partial charge is 0.493 e. The van der Waals surface area contributed by atoms with Crippen LogP contribution in [0.3, 0.4) is 0 Å². The quantitative estimate of drug-likeness (QED) is 0.0217. The van der Waals surface area contributed by atoms with Gasteiger partial charge in [0.15, 0.2) is 0 Å². The number of aromatic amines is 4. The SMILES string of the molecule is CC(C)(C)COC(=O)N1CCc2c([nH]c3ccc(Cl)cc23)C1c1ccc(OCC[C@H](O)CO)cc1.Cc1ccc(OC(=O)N2CCc3c([nH]c4ccc(Cl)cc34)C2c2ccc(OCC[C@H](O)CO)cc2)cc1.O=C(Oc1ccc(F)cc1)N1CCc2c([nH]c3ccc(Cl)cc23)C1c1ccc(OCC[C@H](O)CO)cc1.O=C(Oc1ccccc1)N1CCc2c([nH]c3ccc(Cl)cc23)C1c1ccc(OCC[C@H](O)CO)cc1. The van der Waals surface area contributed by atoms with Crippen molar-refractivity contribution in [2.45, 2.75) is 128 Å². The number of nitrogens with zero attached hydrogens (tertiary/aromatic N) is 4. The second-order valence-electron chi connectivity index (χ2n) is 37.2. The molecule has 4 unspecified atom stereocenters. The normalized spacial score (nSPS) is 16.1. The number of nitrogens with one attached hydrogen (secondary N) is 4. The molecule has 0 spiro atoms. The Kier molecular flexibility index (Phi) is 34.7. The van der Waals surface area contributed by atoms with Gasteiger partial charge < -0.3 is 98.7 Å². The Morgan fingerprint density at radius 1 is 0.345 bits per heavy atom. The molecule has 8 atom stereocenters. The van der Waals surface area contributed by atoms with E-state index in [2.05, 4.69) is 19.9 Å². The van der Waals surface area contributed by atoms with Crippen molar-refractivity contribution in [2.24, 2.45) is 5.41 Å². The molecule has 15 aromatic rings. The van der Waals surface area contributed by atoms with Crippen molar-refractivity contribution in [2.75, 3.05) is 85.6 Å². The number of hydrogen-bond donors (Lipinski definition) is 12. The minimum Gasteiger partial charge on any atom is -0.493 e. The van der Waals surface area contributed by atoms with Gasteiger partial charge in [0.1, 0.15) is 70.2 Å². The lowest BCUT2D eigenvalue weighted by Crippen LogP contribution is -2.42. The molecule has 11 aromatic carbocycles. The number of aromatic nitrogens is 4. The molecule has 33 heteroatoms. The van der Waals surface area contributed by atoms with Crippen molar-refractivity contribution in [3.8, 4) is 40.2 Å². The van der Waals surface area contributed by atoms with Crippen LogP contribution in [-0.4, -0.2) is 215 Å². The molecule has 19 rings (SSSR count). The smallest absolute Gasteiger partial charge is 0.416 e. The average Bonchev–Trinajstić information content (AvgIpc) is 1.61. The number of halogens is 5. The van der Waals surface area contributed by atoms with Crippen LogP contribution in [0.1, 0.15) is 143 Å². The summed E-state index contributed by atoms with van der Waals surface area (Å²) in [6, 6.07) is 73.2. The molecule has 758 valence electrons. The third-order valence-electron chi connectivity index (χ3n) is 25.6. The van der Waals surface area contributed by atoms with Gasteiger partial charge in [-0.05, 0) is 252 Å². The Labute approximate surface area is 857 Å². The van der Waals surface area contributed by atoms with Crippen molar-refractivity contribution in [1.82, 2.24) is 39.5 Å². The molecule has 4 aliphatic heterocycles. The van der Waals surface area contributed by atoms with Crippen molar-refractivity contribution >= 4 is 114 Å². The van der Waals surface area contributed by atoms with E-state index in [-0.39, 0.29) is 75.6 Å². The van der Waals surface area contributed by atoms with Crippen molar-refractivity contribution in [1.29, 1.82) is 0 Å². The summed E-state index contributed by atoms with van der Waals surface area (Å²) in [6.07, 6.45) is -0.980. The molecule has 145 heavy (non-hydrogen) atoms. The monoisotopic (exact) mass is 2050 g/mol. The van der Waals surface area contributed by atoms with E-state index in [4.69, 9.17) is 105 Å². The molecule has 0 fully saturated rings. The number of aryl methyl sites for hydroxylation is 1. The number of rotatable bonds is 28. The van der Waals surface area contributed by atoms with Gasteiger partial charge in [0, 0.05) is 138 Å². The van der Waals surface area contributed by atoms with Crippen LogP contribution in [0.15, 0.2) is 249 Å². The first-order chi connectivity index (χ1) is 70.0. The van der Waals surface area contributed by atoms with E-state index in [9.17, 15) is 44.0 Å². The fraction of sp³-hybridized carbons (Fsp3) is 0.304. The summed E-state index contributed by atoms with van der Waals surface area (Å²) in [5.74, 6) is 3.37. The molecule has 0 radical (unpaired) electrons. The van der Waals surface area contributed by atoms with E-state index in [1.165, 1.54) is 24.3 Å². The summed E-state index contributed by atoms with van der Waals surface area (Å²) >= 11 is 25.1. The van der Waals surface area contributed by atoms with Crippen LogP contribution in [0.4, 0.5) is 23.6 Å². The van der Waals surface area contributed by atoms with Crippen LogP contribution in [-0.2, 0) is 30.4 Å². The number of ether oxygens (including phenoxy) is 8. The van der Waals surface area contributed by atoms with Gasteiger partial charge in [0.05, 0.1) is 83.9 Å². The van der Waals surface area contributed by atoms with Crippen molar-refractivity contribution in [3.05, 3.63) is 347 Å². The minimum atomic E-state index is -0.823. The van der Waals surface area contributed by atoms with Crippen molar-refractivity contribution < 1.29 is 102 Å². The first-order valence-corrected chi connectivity index (χ1v) is 49.6. The summed E-state index contributed by atoms with van der Waals surface area (Å²) in [6.45, 7) is 10.3. The first kappa shape index (κ1) is 104. The first-order valence-electron chi connectivity index (χ1n) is 48.1. The second-order valence-corrected chi connectivity index (χ2v) is 38.9. The van der Waals surface area contributed by atoms with Crippen LogP contribution in [0.2, 0.25) is 20.1 Å². The van der Waals surface area contributed by atoms with Gasteiger partial charge in [0.25, 0.3) is 0 Å². The molecule has 0 aliphatic carbocycles. The van der Waals surface area contributed by atoms with E-state index in [0.29, 0.717) is 145 Å². The van der Waals surface area contributed by atoms with Gasteiger partial charge in [-0.15, -0.1) is 0 Å². The maximum Gasteiger partial charge on any atom is 0.416 e. The maximum atomic E-state index is 13.4. The van der Waals surface area contributed by atoms with Gasteiger partial charge in [-0.25, -0.2) is 23.6 Å². The number of carbonyl (C=O) groups is 4. The van der Waals surface area contributed by atoms with E-state index in [1.807, 2.05) is 216 Å². The Hall–Kier alpha value is -13.4. The van der Waals surface area contributed by atoms with E-state index in [1.54, 1.807) is 56.0 Å². The number of hydrogen-bond acceptors (Lipinski definition) is 20. The molecular formula is C112H115Cl4FN8O20. The average molecular weight is 2050 g/mol. The molecule has 8 heterocycles. The van der Waals surface area contributed by atoms with Crippen molar-refractivity contribution in [3.63, 3.8) is 0 Å². The molecule has 0 bridgehead atoms. The predicted octanol–water partition coefficient (Wildman–Crippen LogP) is 20.8. The van der Waals surface area contributed by atoms with E-state index < -0.39 is 60.6 Å². The zero-order valence-electron chi connectivity index (χ0n) is 80.3. The van der Waals surface area contributed by atoms with Crippen LogP contribution in [0.5, 0.6) is 40.2 Å². The predicted molar refractivity (Wildman–Crippen MR) is 554 cm³/mol. The molecule has 4 aliphatic rings. The molecule has 4 aromatic heterocycles.